The highest BCUT2D eigenvalue weighted by atomic mass is 16.3. The second-order valence-electron chi connectivity index (χ2n) is 7.37. The molecule has 148 valence electrons. The summed E-state index contributed by atoms with van der Waals surface area (Å²) >= 11 is 0. The Bertz CT molecular complexity index is 808. The fraction of sp³-hybridized carbons (Fsp3) is 0.364. The van der Waals surface area contributed by atoms with Crippen molar-refractivity contribution in [3.8, 4) is 0 Å². The molecule has 1 fully saturated rings. The molecular formula is C22H27N3O3. The minimum atomic E-state index is -0.480. The fourth-order valence-corrected chi connectivity index (χ4v) is 3.61. The first kappa shape index (κ1) is 20.0. The second kappa shape index (κ2) is 8.99. The zero-order valence-corrected chi connectivity index (χ0v) is 16.1. The van der Waals surface area contributed by atoms with Crippen LogP contribution in [0.2, 0.25) is 0 Å². The van der Waals surface area contributed by atoms with E-state index in [-0.39, 0.29) is 24.5 Å². The molecule has 1 aliphatic heterocycles. The number of nitrogens with two attached hydrogens (primary N) is 1. The van der Waals surface area contributed by atoms with Gasteiger partial charge in [0.25, 0.3) is 0 Å². The number of benzene rings is 2. The van der Waals surface area contributed by atoms with Crippen molar-refractivity contribution in [3.63, 3.8) is 0 Å². The van der Waals surface area contributed by atoms with Gasteiger partial charge in [-0.15, -0.1) is 0 Å². The number of aliphatic hydroxyl groups is 1. The van der Waals surface area contributed by atoms with Crippen molar-refractivity contribution in [2.45, 2.75) is 25.0 Å². The second-order valence-corrected chi connectivity index (χ2v) is 7.37. The number of likely N-dealkylation sites (N-methyl/N-ethyl adjacent to an activating group) is 1. The molecule has 2 atom stereocenters. The van der Waals surface area contributed by atoms with Crippen LogP contribution in [0, 0.1) is 0 Å². The molecule has 28 heavy (non-hydrogen) atoms. The van der Waals surface area contributed by atoms with Gasteiger partial charge in [-0.05, 0) is 29.7 Å². The number of aliphatic hydroxyl groups excluding tert-OH is 1. The van der Waals surface area contributed by atoms with Gasteiger partial charge in [0, 0.05) is 32.2 Å². The van der Waals surface area contributed by atoms with E-state index in [0.29, 0.717) is 18.7 Å². The molecule has 2 unspecified atom stereocenters. The van der Waals surface area contributed by atoms with Crippen LogP contribution in [-0.2, 0) is 11.2 Å². The van der Waals surface area contributed by atoms with Gasteiger partial charge in [0.2, 0.25) is 11.8 Å². The van der Waals surface area contributed by atoms with Crippen LogP contribution in [-0.4, -0.2) is 59.5 Å². The normalized spacial score (nSPS) is 18.0. The van der Waals surface area contributed by atoms with Crippen molar-refractivity contribution >= 4 is 11.8 Å². The van der Waals surface area contributed by atoms with Gasteiger partial charge in [0.05, 0.1) is 18.6 Å². The number of amides is 2. The number of carbonyl (C=O) groups excluding carboxylic acids is 2. The number of hydrogen-bond donors (Lipinski definition) is 2. The van der Waals surface area contributed by atoms with E-state index >= 15 is 0 Å². The van der Waals surface area contributed by atoms with Crippen LogP contribution in [0.4, 0.5) is 0 Å². The summed E-state index contributed by atoms with van der Waals surface area (Å²) in [4.78, 5) is 28.1. The predicted molar refractivity (Wildman–Crippen MR) is 108 cm³/mol. The molecule has 0 bridgehead atoms. The summed E-state index contributed by atoms with van der Waals surface area (Å²) < 4.78 is 0. The zero-order valence-electron chi connectivity index (χ0n) is 16.1. The van der Waals surface area contributed by atoms with Crippen molar-refractivity contribution in [2.75, 3.05) is 26.7 Å². The topological polar surface area (TPSA) is 86.9 Å². The van der Waals surface area contributed by atoms with Gasteiger partial charge in [-0.3, -0.25) is 14.5 Å². The van der Waals surface area contributed by atoms with E-state index in [0.717, 1.165) is 24.1 Å². The highest BCUT2D eigenvalue weighted by Gasteiger charge is 2.28. The molecular weight excluding hydrogens is 354 g/mol. The van der Waals surface area contributed by atoms with E-state index in [1.165, 1.54) is 0 Å². The standard InChI is InChI=1S/C22H27N3O3/c1-24(21(27)13-16-7-9-18(10-8-16)22(23)28)20(17-5-3-2-4-6-17)15-25-12-11-19(26)14-25/h2-10,19-20,26H,11-15H2,1H3,(H2,23,28). The van der Waals surface area contributed by atoms with Crippen LogP contribution in [0.1, 0.15) is 33.9 Å². The Hall–Kier alpha value is -2.70. The number of likely N-dealkylation sites (tertiary alicyclic amines) is 1. The average molecular weight is 381 g/mol. The van der Waals surface area contributed by atoms with Gasteiger partial charge < -0.3 is 15.7 Å². The van der Waals surface area contributed by atoms with Crippen LogP contribution in [0.3, 0.4) is 0 Å². The van der Waals surface area contributed by atoms with Gasteiger partial charge in [-0.2, -0.15) is 0 Å². The minimum Gasteiger partial charge on any atom is -0.392 e. The maximum absolute atomic E-state index is 13.0. The molecule has 6 nitrogen and oxygen atoms in total. The van der Waals surface area contributed by atoms with E-state index in [1.54, 1.807) is 29.2 Å². The zero-order chi connectivity index (χ0) is 20.1. The Morgan fingerprint density at radius 3 is 2.43 bits per heavy atom. The molecule has 2 aromatic rings. The monoisotopic (exact) mass is 381 g/mol. The van der Waals surface area contributed by atoms with Crippen molar-refractivity contribution in [1.82, 2.24) is 9.80 Å². The van der Waals surface area contributed by atoms with Crippen LogP contribution < -0.4 is 5.73 Å². The summed E-state index contributed by atoms with van der Waals surface area (Å²) in [6.07, 6.45) is 0.730. The molecule has 2 aromatic carbocycles. The Labute approximate surface area is 165 Å². The molecule has 0 saturated carbocycles. The van der Waals surface area contributed by atoms with E-state index in [2.05, 4.69) is 4.90 Å². The Morgan fingerprint density at radius 2 is 1.86 bits per heavy atom. The molecule has 1 heterocycles. The molecule has 6 heteroatoms. The van der Waals surface area contributed by atoms with Crippen molar-refractivity contribution in [1.29, 1.82) is 0 Å². The van der Waals surface area contributed by atoms with E-state index in [9.17, 15) is 14.7 Å². The van der Waals surface area contributed by atoms with Gasteiger partial charge in [-0.1, -0.05) is 42.5 Å². The molecule has 1 aliphatic rings. The maximum Gasteiger partial charge on any atom is 0.248 e. The largest absolute Gasteiger partial charge is 0.392 e. The Balaban J connectivity index is 1.73. The summed E-state index contributed by atoms with van der Waals surface area (Å²) in [5.41, 5.74) is 7.61. The smallest absolute Gasteiger partial charge is 0.248 e. The van der Waals surface area contributed by atoms with E-state index in [1.807, 2.05) is 37.4 Å². The molecule has 0 aliphatic carbocycles. The third kappa shape index (κ3) is 4.97. The summed E-state index contributed by atoms with van der Waals surface area (Å²) in [6, 6.07) is 16.7. The molecule has 1 saturated heterocycles. The van der Waals surface area contributed by atoms with Gasteiger partial charge in [0.15, 0.2) is 0 Å². The molecule has 0 spiro atoms. The number of nitrogens with zero attached hydrogens (tertiary/aromatic N) is 2. The lowest BCUT2D eigenvalue weighted by atomic mass is 10.0. The van der Waals surface area contributed by atoms with Gasteiger partial charge in [-0.25, -0.2) is 0 Å². The van der Waals surface area contributed by atoms with Crippen LogP contribution in [0.15, 0.2) is 54.6 Å². The van der Waals surface area contributed by atoms with Crippen molar-refractivity contribution in [2.24, 2.45) is 5.73 Å². The summed E-state index contributed by atoms with van der Waals surface area (Å²) in [5.74, 6) is -0.479. The molecule has 2 amide bonds. The molecule has 0 radical (unpaired) electrons. The number of carbonyl (C=O) groups is 2. The number of β-amino-alcohol motifs (C(OH)–C–C–N with tert-alkyl or cyclic N) is 1. The molecule has 3 rings (SSSR count). The number of hydrogen-bond acceptors (Lipinski definition) is 4. The summed E-state index contributed by atoms with van der Waals surface area (Å²) in [7, 11) is 1.82. The minimum absolute atomic E-state index is 0.000392. The van der Waals surface area contributed by atoms with Gasteiger partial charge in [0.1, 0.15) is 0 Å². The van der Waals surface area contributed by atoms with Crippen LogP contribution in [0.25, 0.3) is 0 Å². The lowest BCUT2D eigenvalue weighted by molar-refractivity contribution is -0.131. The van der Waals surface area contributed by atoms with E-state index < -0.39 is 5.91 Å². The molecule has 0 aromatic heterocycles. The van der Waals surface area contributed by atoms with Crippen molar-refractivity contribution < 1.29 is 14.7 Å². The molecule has 3 N–H and O–H groups in total. The number of rotatable bonds is 7. The Morgan fingerprint density at radius 1 is 1.18 bits per heavy atom. The maximum atomic E-state index is 13.0. The summed E-state index contributed by atoms with van der Waals surface area (Å²) in [5, 5.41) is 9.83. The highest BCUT2D eigenvalue weighted by molar-refractivity contribution is 5.92. The highest BCUT2D eigenvalue weighted by Crippen LogP contribution is 2.24. The SMILES string of the molecule is CN(C(=O)Cc1ccc(C(N)=O)cc1)C(CN1CCC(O)C1)c1ccccc1. The fourth-order valence-electron chi connectivity index (χ4n) is 3.61. The quantitative estimate of drug-likeness (QED) is 0.763. The number of primary amides is 1. The average Bonchev–Trinajstić information content (AvgIpc) is 3.11. The third-order valence-corrected chi connectivity index (χ3v) is 5.32. The summed E-state index contributed by atoms with van der Waals surface area (Å²) in [6.45, 7) is 2.16. The lowest BCUT2D eigenvalue weighted by Gasteiger charge is -2.32. The van der Waals surface area contributed by atoms with Crippen molar-refractivity contribution in [3.05, 3.63) is 71.3 Å². The van der Waals surface area contributed by atoms with Crippen LogP contribution in [0.5, 0.6) is 0 Å². The first-order chi connectivity index (χ1) is 13.4. The lowest BCUT2D eigenvalue weighted by Crippen LogP contribution is -2.39. The predicted octanol–water partition coefficient (Wildman–Crippen LogP) is 1.59. The van der Waals surface area contributed by atoms with Crippen LogP contribution >= 0.6 is 0 Å². The first-order valence-corrected chi connectivity index (χ1v) is 9.54. The van der Waals surface area contributed by atoms with E-state index in [4.69, 9.17) is 5.73 Å². The van der Waals surface area contributed by atoms with Gasteiger partial charge >= 0.3 is 0 Å². The third-order valence-electron chi connectivity index (χ3n) is 5.32. The first-order valence-electron chi connectivity index (χ1n) is 9.54. The Kier molecular flexibility index (Phi) is 6.44.